The molecule has 0 bridgehead atoms. The Bertz CT molecular complexity index is 367. The number of benzene rings is 1. The lowest BCUT2D eigenvalue weighted by atomic mass is 10.2. The van der Waals surface area contributed by atoms with Crippen LogP contribution in [0.4, 0.5) is 0 Å². The molecule has 0 amide bonds. The molecular weight excluding hydrogens is 248 g/mol. The SMILES string of the molecule is CC(C)Oc1ccc(Cl)cc1CNCCN(C)C. The zero-order valence-electron chi connectivity index (χ0n) is 11.7. The summed E-state index contributed by atoms with van der Waals surface area (Å²) in [6.07, 6.45) is 0.173. The second kappa shape index (κ2) is 7.62. The van der Waals surface area contributed by atoms with Gasteiger partial charge in [-0.05, 0) is 46.1 Å². The van der Waals surface area contributed by atoms with Gasteiger partial charge < -0.3 is 15.0 Å². The summed E-state index contributed by atoms with van der Waals surface area (Å²) in [5, 5.41) is 4.14. The zero-order chi connectivity index (χ0) is 13.5. The van der Waals surface area contributed by atoms with Gasteiger partial charge in [0.25, 0.3) is 0 Å². The number of hydrogen-bond donors (Lipinski definition) is 1. The summed E-state index contributed by atoms with van der Waals surface area (Å²) in [5.74, 6) is 0.909. The van der Waals surface area contributed by atoms with Crippen LogP contribution in [0.5, 0.6) is 5.75 Å². The number of likely N-dealkylation sites (N-methyl/N-ethyl adjacent to an activating group) is 1. The van der Waals surface area contributed by atoms with Gasteiger partial charge in [0.05, 0.1) is 6.10 Å². The number of nitrogens with one attached hydrogen (secondary N) is 1. The van der Waals surface area contributed by atoms with E-state index < -0.39 is 0 Å². The molecule has 0 saturated heterocycles. The quantitative estimate of drug-likeness (QED) is 0.771. The van der Waals surface area contributed by atoms with Crippen molar-refractivity contribution in [1.29, 1.82) is 0 Å². The molecule has 3 nitrogen and oxygen atoms in total. The van der Waals surface area contributed by atoms with Crippen LogP contribution in [0.25, 0.3) is 0 Å². The Morgan fingerprint density at radius 2 is 2.06 bits per heavy atom. The molecule has 0 aliphatic carbocycles. The average molecular weight is 271 g/mol. The summed E-state index contributed by atoms with van der Waals surface area (Å²) in [4.78, 5) is 2.15. The van der Waals surface area contributed by atoms with Crippen LogP contribution in [0.15, 0.2) is 18.2 Å². The highest BCUT2D eigenvalue weighted by Gasteiger charge is 2.06. The van der Waals surface area contributed by atoms with Gasteiger partial charge in [0.15, 0.2) is 0 Å². The molecular formula is C14H23ClN2O. The van der Waals surface area contributed by atoms with Crippen molar-refractivity contribution in [3.05, 3.63) is 28.8 Å². The first-order chi connectivity index (χ1) is 8.49. The van der Waals surface area contributed by atoms with Crippen molar-refractivity contribution in [2.45, 2.75) is 26.5 Å². The van der Waals surface area contributed by atoms with E-state index in [9.17, 15) is 0 Å². The normalized spacial score (nSPS) is 11.3. The first-order valence-electron chi connectivity index (χ1n) is 6.29. The van der Waals surface area contributed by atoms with E-state index in [-0.39, 0.29) is 6.10 Å². The van der Waals surface area contributed by atoms with Crippen LogP contribution in [-0.2, 0) is 6.54 Å². The minimum absolute atomic E-state index is 0.173. The van der Waals surface area contributed by atoms with E-state index in [0.29, 0.717) is 0 Å². The van der Waals surface area contributed by atoms with Crippen molar-refractivity contribution >= 4 is 11.6 Å². The fourth-order valence-corrected chi connectivity index (χ4v) is 1.78. The fourth-order valence-electron chi connectivity index (χ4n) is 1.58. The summed E-state index contributed by atoms with van der Waals surface area (Å²) < 4.78 is 5.77. The van der Waals surface area contributed by atoms with Crippen molar-refractivity contribution in [3.63, 3.8) is 0 Å². The van der Waals surface area contributed by atoms with Gasteiger partial charge in [-0.15, -0.1) is 0 Å². The van der Waals surface area contributed by atoms with Crippen LogP contribution in [0.2, 0.25) is 5.02 Å². The minimum Gasteiger partial charge on any atom is -0.491 e. The molecule has 1 aromatic carbocycles. The second-order valence-corrected chi connectivity index (χ2v) is 5.34. The topological polar surface area (TPSA) is 24.5 Å². The van der Waals surface area contributed by atoms with Crippen LogP contribution in [-0.4, -0.2) is 38.2 Å². The Kier molecular flexibility index (Phi) is 6.47. The summed E-state index contributed by atoms with van der Waals surface area (Å²) in [5.41, 5.74) is 1.11. The number of nitrogens with zero attached hydrogens (tertiary/aromatic N) is 1. The predicted octanol–water partition coefficient (Wildman–Crippen LogP) is 2.78. The van der Waals surface area contributed by atoms with E-state index in [1.54, 1.807) is 0 Å². The number of hydrogen-bond acceptors (Lipinski definition) is 3. The Hall–Kier alpha value is -0.770. The van der Waals surface area contributed by atoms with E-state index in [4.69, 9.17) is 16.3 Å². The molecule has 4 heteroatoms. The highest BCUT2D eigenvalue weighted by atomic mass is 35.5. The Balaban J connectivity index is 2.58. The molecule has 0 atom stereocenters. The lowest BCUT2D eigenvalue weighted by Crippen LogP contribution is -2.26. The van der Waals surface area contributed by atoms with E-state index >= 15 is 0 Å². The summed E-state index contributed by atoms with van der Waals surface area (Å²) in [6.45, 7) is 6.79. The zero-order valence-corrected chi connectivity index (χ0v) is 12.4. The van der Waals surface area contributed by atoms with Crippen molar-refractivity contribution in [2.24, 2.45) is 0 Å². The van der Waals surface area contributed by atoms with Gasteiger partial charge >= 0.3 is 0 Å². The van der Waals surface area contributed by atoms with Crippen LogP contribution >= 0.6 is 11.6 Å². The lowest BCUT2D eigenvalue weighted by Gasteiger charge is -2.16. The molecule has 1 N–H and O–H groups in total. The fraction of sp³-hybridized carbons (Fsp3) is 0.571. The van der Waals surface area contributed by atoms with Gasteiger partial charge in [0.2, 0.25) is 0 Å². The highest BCUT2D eigenvalue weighted by molar-refractivity contribution is 6.30. The smallest absolute Gasteiger partial charge is 0.124 e. The van der Waals surface area contributed by atoms with Crippen molar-refractivity contribution < 1.29 is 4.74 Å². The summed E-state index contributed by atoms with van der Waals surface area (Å²) in [7, 11) is 4.13. The molecule has 0 aliphatic rings. The first kappa shape index (κ1) is 15.3. The van der Waals surface area contributed by atoms with E-state index in [0.717, 1.165) is 36.0 Å². The van der Waals surface area contributed by atoms with Crippen molar-refractivity contribution in [2.75, 3.05) is 27.2 Å². The molecule has 1 rings (SSSR count). The van der Waals surface area contributed by atoms with E-state index in [2.05, 4.69) is 24.3 Å². The maximum atomic E-state index is 6.03. The number of ether oxygens (including phenoxy) is 1. The summed E-state index contributed by atoms with van der Waals surface area (Å²) >= 11 is 6.03. The maximum absolute atomic E-state index is 6.03. The predicted molar refractivity (Wildman–Crippen MR) is 77.5 cm³/mol. The van der Waals surface area contributed by atoms with Crippen LogP contribution in [0, 0.1) is 0 Å². The molecule has 0 heterocycles. The van der Waals surface area contributed by atoms with E-state index in [1.807, 2.05) is 32.0 Å². The highest BCUT2D eigenvalue weighted by Crippen LogP contribution is 2.23. The first-order valence-corrected chi connectivity index (χ1v) is 6.67. The number of rotatable bonds is 7. The van der Waals surface area contributed by atoms with Crippen molar-refractivity contribution in [3.8, 4) is 5.75 Å². The third-order valence-electron chi connectivity index (χ3n) is 2.44. The standard InChI is InChI=1S/C14H23ClN2O/c1-11(2)18-14-6-5-13(15)9-12(14)10-16-7-8-17(3)4/h5-6,9,11,16H,7-8,10H2,1-4H3. The van der Waals surface area contributed by atoms with Crippen LogP contribution < -0.4 is 10.1 Å². The third kappa shape index (κ3) is 5.71. The number of halogens is 1. The minimum atomic E-state index is 0.173. The summed E-state index contributed by atoms with van der Waals surface area (Å²) in [6, 6.07) is 5.76. The molecule has 1 aromatic rings. The maximum Gasteiger partial charge on any atom is 0.124 e. The van der Waals surface area contributed by atoms with Gasteiger partial charge in [0, 0.05) is 30.2 Å². The van der Waals surface area contributed by atoms with E-state index in [1.165, 1.54) is 0 Å². The molecule has 18 heavy (non-hydrogen) atoms. The Labute approximate surface area is 115 Å². The average Bonchev–Trinajstić information content (AvgIpc) is 2.27. The van der Waals surface area contributed by atoms with Gasteiger partial charge in [-0.3, -0.25) is 0 Å². The van der Waals surface area contributed by atoms with Crippen LogP contribution in [0.3, 0.4) is 0 Å². The Morgan fingerprint density at radius 1 is 1.33 bits per heavy atom. The van der Waals surface area contributed by atoms with Gasteiger partial charge in [0.1, 0.15) is 5.75 Å². The molecule has 0 radical (unpaired) electrons. The third-order valence-corrected chi connectivity index (χ3v) is 2.67. The largest absolute Gasteiger partial charge is 0.491 e. The van der Waals surface area contributed by atoms with Gasteiger partial charge in [-0.2, -0.15) is 0 Å². The molecule has 102 valence electrons. The monoisotopic (exact) mass is 270 g/mol. The molecule has 0 spiro atoms. The Morgan fingerprint density at radius 3 is 2.67 bits per heavy atom. The molecule has 0 saturated carbocycles. The lowest BCUT2D eigenvalue weighted by molar-refractivity contribution is 0.239. The van der Waals surface area contributed by atoms with Crippen molar-refractivity contribution in [1.82, 2.24) is 10.2 Å². The molecule has 0 unspecified atom stereocenters. The second-order valence-electron chi connectivity index (χ2n) is 4.90. The molecule has 0 aromatic heterocycles. The molecule has 0 aliphatic heterocycles. The van der Waals surface area contributed by atoms with Gasteiger partial charge in [-0.1, -0.05) is 11.6 Å². The molecule has 0 fully saturated rings. The van der Waals surface area contributed by atoms with Crippen LogP contribution in [0.1, 0.15) is 19.4 Å². The van der Waals surface area contributed by atoms with Gasteiger partial charge in [-0.25, -0.2) is 0 Å².